The summed E-state index contributed by atoms with van der Waals surface area (Å²) in [6.45, 7) is 11.3. The highest BCUT2D eigenvalue weighted by Crippen LogP contribution is 2.24. The lowest BCUT2D eigenvalue weighted by atomic mass is 10.0. The van der Waals surface area contributed by atoms with E-state index in [2.05, 4.69) is 4.85 Å². The van der Waals surface area contributed by atoms with E-state index in [1.807, 2.05) is 26.0 Å². The van der Waals surface area contributed by atoms with Gasteiger partial charge in [-0.3, -0.25) is 0 Å². The molecule has 2 heteroatoms. The van der Waals surface area contributed by atoms with Gasteiger partial charge in [0.2, 0.25) is 6.54 Å². The van der Waals surface area contributed by atoms with Crippen LogP contribution in [0, 0.1) is 20.4 Å². The average Bonchev–Trinajstić information content (AvgIpc) is 2.12. The summed E-state index contributed by atoms with van der Waals surface area (Å²) in [5, 5.41) is 0. The van der Waals surface area contributed by atoms with Crippen molar-refractivity contribution in [2.24, 2.45) is 0 Å². The van der Waals surface area contributed by atoms with Crippen LogP contribution in [-0.2, 0) is 6.54 Å². The Morgan fingerprint density at radius 3 is 2.62 bits per heavy atom. The molecule has 0 fully saturated rings. The summed E-state index contributed by atoms with van der Waals surface area (Å²) in [4.78, 5) is 3.40. The van der Waals surface area contributed by atoms with Crippen LogP contribution in [0.15, 0.2) is 12.1 Å². The smallest absolute Gasteiger partial charge is 0.240 e. The van der Waals surface area contributed by atoms with Crippen molar-refractivity contribution in [1.29, 1.82) is 0 Å². The van der Waals surface area contributed by atoms with Crippen LogP contribution < -0.4 is 4.74 Å². The molecular formula is C11H13NO. The molecule has 0 bridgehead atoms. The Hall–Kier alpha value is -1.49. The molecule has 1 aromatic carbocycles. The van der Waals surface area contributed by atoms with Crippen LogP contribution in [0.1, 0.15) is 16.7 Å². The van der Waals surface area contributed by atoms with Gasteiger partial charge >= 0.3 is 0 Å². The minimum atomic E-state index is 0.439. The van der Waals surface area contributed by atoms with Gasteiger partial charge in [0.25, 0.3) is 0 Å². The topological polar surface area (TPSA) is 13.6 Å². The molecule has 0 aromatic heterocycles. The largest absolute Gasteiger partial charge is 0.496 e. The van der Waals surface area contributed by atoms with Crippen LogP contribution in [0.25, 0.3) is 4.85 Å². The Morgan fingerprint density at radius 2 is 2.08 bits per heavy atom. The molecule has 0 saturated carbocycles. The zero-order chi connectivity index (χ0) is 9.84. The predicted molar refractivity (Wildman–Crippen MR) is 52.8 cm³/mol. The zero-order valence-corrected chi connectivity index (χ0v) is 8.22. The summed E-state index contributed by atoms with van der Waals surface area (Å²) in [7, 11) is 1.65. The molecule has 0 spiro atoms. The highest BCUT2D eigenvalue weighted by atomic mass is 16.5. The molecule has 0 radical (unpaired) electrons. The zero-order valence-electron chi connectivity index (χ0n) is 8.22. The molecule has 0 aliphatic carbocycles. The van der Waals surface area contributed by atoms with Gasteiger partial charge in [-0.2, -0.15) is 0 Å². The molecule has 0 N–H and O–H groups in total. The van der Waals surface area contributed by atoms with Crippen molar-refractivity contribution >= 4 is 0 Å². The van der Waals surface area contributed by atoms with E-state index in [1.54, 1.807) is 7.11 Å². The summed E-state index contributed by atoms with van der Waals surface area (Å²) in [6, 6.07) is 3.93. The molecule has 68 valence electrons. The fourth-order valence-corrected chi connectivity index (χ4v) is 1.41. The van der Waals surface area contributed by atoms with Gasteiger partial charge in [-0.25, -0.2) is 6.57 Å². The third-order valence-corrected chi connectivity index (χ3v) is 2.24. The maximum absolute atomic E-state index is 6.85. The maximum atomic E-state index is 6.85. The van der Waals surface area contributed by atoms with Gasteiger partial charge in [0, 0.05) is 11.1 Å². The fraction of sp³-hybridized carbons (Fsp3) is 0.364. The fourth-order valence-electron chi connectivity index (χ4n) is 1.41. The Morgan fingerprint density at radius 1 is 1.38 bits per heavy atom. The van der Waals surface area contributed by atoms with E-state index in [0.717, 1.165) is 22.4 Å². The first-order valence-corrected chi connectivity index (χ1v) is 4.17. The second-order valence-electron chi connectivity index (χ2n) is 3.00. The van der Waals surface area contributed by atoms with Crippen LogP contribution in [0.5, 0.6) is 5.75 Å². The standard InChI is InChI=1S/C11H13NO/c1-8-5-6-11(13-4)9(2)10(8)7-12-3/h5-6H,7H2,1-2,4H3. The summed E-state index contributed by atoms with van der Waals surface area (Å²) >= 11 is 0. The van der Waals surface area contributed by atoms with Crippen molar-refractivity contribution in [1.82, 2.24) is 0 Å². The van der Waals surface area contributed by atoms with Crippen LogP contribution in [-0.4, -0.2) is 7.11 Å². The normalized spacial score (nSPS) is 9.38. The lowest BCUT2D eigenvalue weighted by Gasteiger charge is -2.08. The molecule has 0 atom stereocenters. The molecular weight excluding hydrogens is 162 g/mol. The Labute approximate surface area is 79.0 Å². The van der Waals surface area contributed by atoms with Gasteiger partial charge in [0.05, 0.1) is 7.11 Å². The molecule has 13 heavy (non-hydrogen) atoms. The van der Waals surface area contributed by atoms with E-state index in [1.165, 1.54) is 0 Å². The molecule has 1 aromatic rings. The molecule has 0 unspecified atom stereocenters. The number of hydrogen-bond acceptors (Lipinski definition) is 1. The first kappa shape index (κ1) is 9.60. The van der Waals surface area contributed by atoms with E-state index in [9.17, 15) is 0 Å². The van der Waals surface area contributed by atoms with Crippen molar-refractivity contribution in [3.8, 4) is 5.75 Å². The number of nitrogens with zero attached hydrogens (tertiary/aromatic N) is 1. The molecule has 2 nitrogen and oxygen atoms in total. The summed E-state index contributed by atoms with van der Waals surface area (Å²) in [5.74, 6) is 0.865. The van der Waals surface area contributed by atoms with E-state index in [-0.39, 0.29) is 0 Å². The molecule has 0 amide bonds. The monoisotopic (exact) mass is 175 g/mol. The summed E-state index contributed by atoms with van der Waals surface area (Å²) in [5.41, 5.74) is 3.34. The van der Waals surface area contributed by atoms with Crippen LogP contribution in [0.4, 0.5) is 0 Å². The van der Waals surface area contributed by atoms with Gasteiger partial charge in [0.1, 0.15) is 5.75 Å². The number of ether oxygens (including phenoxy) is 1. The number of benzene rings is 1. The molecule has 1 rings (SSSR count). The third kappa shape index (κ3) is 1.81. The number of rotatable bonds is 2. The van der Waals surface area contributed by atoms with Crippen LogP contribution >= 0.6 is 0 Å². The van der Waals surface area contributed by atoms with E-state index in [4.69, 9.17) is 11.3 Å². The van der Waals surface area contributed by atoms with Gasteiger partial charge in [-0.1, -0.05) is 6.07 Å². The van der Waals surface area contributed by atoms with Gasteiger partial charge < -0.3 is 9.58 Å². The summed E-state index contributed by atoms with van der Waals surface area (Å²) in [6.07, 6.45) is 0. The molecule has 0 aliphatic heterocycles. The number of methoxy groups -OCH3 is 1. The van der Waals surface area contributed by atoms with E-state index in [0.29, 0.717) is 6.54 Å². The van der Waals surface area contributed by atoms with Crippen molar-refractivity contribution < 1.29 is 4.74 Å². The quantitative estimate of drug-likeness (QED) is 0.630. The predicted octanol–water partition coefficient (Wildman–Crippen LogP) is 2.73. The van der Waals surface area contributed by atoms with E-state index >= 15 is 0 Å². The third-order valence-electron chi connectivity index (χ3n) is 2.24. The first-order valence-electron chi connectivity index (χ1n) is 4.17. The number of aryl methyl sites for hydroxylation is 1. The van der Waals surface area contributed by atoms with Gasteiger partial charge in [-0.15, -0.1) is 0 Å². The lowest BCUT2D eigenvalue weighted by molar-refractivity contribution is 0.411. The Balaban J connectivity index is 3.23. The molecule has 0 aliphatic rings. The second kappa shape index (κ2) is 3.95. The lowest BCUT2D eigenvalue weighted by Crippen LogP contribution is -1.95. The summed E-state index contributed by atoms with van der Waals surface area (Å²) < 4.78 is 5.18. The molecule has 0 heterocycles. The first-order chi connectivity index (χ1) is 6.20. The minimum Gasteiger partial charge on any atom is -0.496 e. The van der Waals surface area contributed by atoms with E-state index < -0.39 is 0 Å². The second-order valence-corrected chi connectivity index (χ2v) is 3.00. The SMILES string of the molecule is [C-]#[N+]Cc1c(C)ccc(OC)c1C. The Kier molecular flexibility index (Phi) is 2.92. The molecule has 0 saturated heterocycles. The van der Waals surface area contributed by atoms with Crippen LogP contribution in [0.2, 0.25) is 0 Å². The van der Waals surface area contributed by atoms with Crippen molar-refractivity contribution in [3.63, 3.8) is 0 Å². The van der Waals surface area contributed by atoms with Crippen molar-refractivity contribution in [2.75, 3.05) is 7.11 Å². The highest BCUT2D eigenvalue weighted by Gasteiger charge is 2.09. The number of hydrogen-bond donors (Lipinski definition) is 0. The van der Waals surface area contributed by atoms with Crippen molar-refractivity contribution in [3.05, 3.63) is 40.2 Å². The average molecular weight is 175 g/mol. The maximum Gasteiger partial charge on any atom is 0.240 e. The Bertz CT molecular complexity index is 350. The van der Waals surface area contributed by atoms with Gasteiger partial charge in [-0.05, 0) is 25.5 Å². The highest BCUT2D eigenvalue weighted by molar-refractivity contribution is 5.44. The van der Waals surface area contributed by atoms with Gasteiger partial charge in [0.15, 0.2) is 0 Å². The van der Waals surface area contributed by atoms with Crippen LogP contribution in [0.3, 0.4) is 0 Å². The van der Waals surface area contributed by atoms with Crippen molar-refractivity contribution in [2.45, 2.75) is 20.4 Å². The minimum absolute atomic E-state index is 0.439.